The van der Waals surface area contributed by atoms with Crippen molar-refractivity contribution in [3.63, 3.8) is 0 Å². The summed E-state index contributed by atoms with van der Waals surface area (Å²) in [4.78, 5) is 28.9. The van der Waals surface area contributed by atoms with Crippen molar-refractivity contribution in [2.45, 2.75) is 63.1 Å². The van der Waals surface area contributed by atoms with Crippen molar-refractivity contribution in [2.75, 3.05) is 18.0 Å². The number of hydrogen-bond donors (Lipinski definition) is 1. The van der Waals surface area contributed by atoms with E-state index in [1.165, 1.54) is 23.1 Å². The topological polar surface area (TPSA) is 96.0 Å². The lowest BCUT2D eigenvalue weighted by Gasteiger charge is -2.33. The maximum absolute atomic E-state index is 14.1. The highest BCUT2D eigenvalue weighted by Gasteiger charge is 2.34. The van der Waals surface area contributed by atoms with E-state index >= 15 is 0 Å². The summed E-state index contributed by atoms with van der Waals surface area (Å²) in [6.07, 6.45) is 3.91. The van der Waals surface area contributed by atoms with Crippen LogP contribution >= 0.6 is 11.6 Å². The van der Waals surface area contributed by atoms with E-state index in [0.717, 1.165) is 35.6 Å². The fourth-order valence-corrected chi connectivity index (χ4v) is 6.68. The van der Waals surface area contributed by atoms with Crippen LogP contribution in [0.3, 0.4) is 0 Å². The largest absolute Gasteiger partial charge is 0.497 e. The standard InChI is InChI=1S/C31H36ClN3O5S/c1-22-16-17-25(32)19-29(22)35(41(38,39)28-14-5-4-6-15-28)21-30(36)34(20-24-10-9-13-27(18-24)40-3)23(2)31(37)33-26-11-7-8-12-26/h4-6,9-10,13-19,23,26H,7-8,11-12,20-21H2,1-3H3,(H,33,37)/t23-/m1/s1. The van der Waals surface area contributed by atoms with Gasteiger partial charge in [-0.15, -0.1) is 0 Å². The van der Waals surface area contributed by atoms with Crippen LogP contribution in [0.25, 0.3) is 0 Å². The molecule has 41 heavy (non-hydrogen) atoms. The van der Waals surface area contributed by atoms with E-state index < -0.39 is 28.5 Å². The number of nitrogens with one attached hydrogen (secondary N) is 1. The number of hydrogen-bond acceptors (Lipinski definition) is 5. The molecule has 1 N–H and O–H groups in total. The Morgan fingerprint density at radius 1 is 1.02 bits per heavy atom. The fourth-order valence-electron chi connectivity index (χ4n) is 5.03. The number of rotatable bonds is 11. The maximum Gasteiger partial charge on any atom is 0.264 e. The van der Waals surface area contributed by atoms with E-state index in [2.05, 4.69) is 5.32 Å². The highest BCUT2D eigenvalue weighted by molar-refractivity contribution is 7.92. The number of nitrogens with zero attached hydrogens (tertiary/aromatic N) is 2. The van der Waals surface area contributed by atoms with Crippen LogP contribution in [0.1, 0.15) is 43.7 Å². The fraction of sp³-hybridized carbons (Fsp3) is 0.355. The first-order chi connectivity index (χ1) is 19.6. The third kappa shape index (κ3) is 7.40. The van der Waals surface area contributed by atoms with Gasteiger partial charge < -0.3 is 15.0 Å². The Morgan fingerprint density at radius 3 is 2.41 bits per heavy atom. The predicted molar refractivity (Wildman–Crippen MR) is 161 cm³/mol. The van der Waals surface area contributed by atoms with Crippen molar-refractivity contribution in [2.24, 2.45) is 0 Å². The van der Waals surface area contributed by atoms with Crippen molar-refractivity contribution >= 4 is 39.1 Å². The van der Waals surface area contributed by atoms with Crippen LogP contribution in [0.5, 0.6) is 5.75 Å². The lowest BCUT2D eigenvalue weighted by molar-refractivity contribution is -0.139. The molecule has 0 radical (unpaired) electrons. The summed E-state index contributed by atoms with van der Waals surface area (Å²) in [6.45, 7) is 2.99. The van der Waals surface area contributed by atoms with Crippen LogP contribution in [0.15, 0.2) is 77.7 Å². The molecule has 3 aromatic carbocycles. The number of amides is 2. The maximum atomic E-state index is 14.1. The molecule has 3 aromatic rings. The van der Waals surface area contributed by atoms with Gasteiger partial charge in [-0.2, -0.15) is 0 Å². The quantitative estimate of drug-likeness (QED) is 0.322. The Hall–Kier alpha value is -3.56. The molecule has 1 aliphatic rings. The number of carbonyl (C=O) groups excluding carboxylic acids is 2. The van der Waals surface area contributed by atoms with Gasteiger partial charge in [-0.25, -0.2) is 8.42 Å². The predicted octanol–water partition coefficient (Wildman–Crippen LogP) is 5.33. The molecule has 4 rings (SSSR count). The second kappa shape index (κ2) is 13.4. The highest BCUT2D eigenvalue weighted by Crippen LogP contribution is 2.30. The smallest absolute Gasteiger partial charge is 0.264 e. The molecule has 0 saturated heterocycles. The Morgan fingerprint density at radius 2 is 1.73 bits per heavy atom. The van der Waals surface area contributed by atoms with Crippen LogP contribution < -0.4 is 14.4 Å². The molecule has 0 aliphatic heterocycles. The van der Waals surface area contributed by atoms with Crippen LogP contribution in [-0.2, 0) is 26.2 Å². The summed E-state index contributed by atoms with van der Waals surface area (Å²) in [5.41, 5.74) is 1.67. The van der Waals surface area contributed by atoms with Crippen LogP contribution in [0.2, 0.25) is 5.02 Å². The number of carbonyl (C=O) groups is 2. The zero-order chi connectivity index (χ0) is 29.6. The summed E-state index contributed by atoms with van der Waals surface area (Å²) in [5, 5.41) is 3.41. The molecule has 218 valence electrons. The highest BCUT2D eigenvalue weighted by atomic mass is 35.5. The first kappa shape index (κ1) is 30.4. The van der Waals surface area contributed by atoms with Gasteiger partial charge in [-0.1, -0.05) is 60.8 Å². The number of sulfonamides is 1. The Labute approximate surface area is 247 Å². The SMILES string of the molecule is COc1cccc(CN(C(=O)CN(c2cc(Cl)ccc2C)S(=O)(=O)c2ccccc2)[C@H](C)C(=O)NC2CCCC2)c1. The first-order valence-corrected chi connectivity index (χ1v) is 15.5. The van der Waals surface area contributed by atoms with Gasteiger partial charge in [0.2, 0.25) is 11.8 Å². The molecule has 0 heterocycles. The van der Waals surface area contributed by atoms with Crippen molar-refractivity contribution in [3.8, 4) is 5.75 Å². The third-order valence-electron chi connectivity index (χ3n) is 7.41. The number of benzene rings is 3. The minimum Gasteiger partial charge on any atom is -0.497 e. The molecule has 2 amide bonds. The van der Waals surface area contributed by atoms with Gasteiger partial charge >= 0.3 is 0 Å². The Balaban J connectivity index is 1.71. The molecule has 1 aliphatic carbocycles. The molecule has 0 unspecified atom stereocenters. The summed E-state index contributed by atoms with van der Waals surface area (Å²) >= 11 is 6.28. The molecule has 10 heteroatoms. The molecule has 0 bridgehead atoms. The van der Waals surface area contributed by atoms with Crippen molar-refractivity contribution in [3.05, 3.63) is 88.9 Å². The molecule has 0 spiro atoms. The van der Waals surface area contributed by atoms with Gasteiger partial charge in [-0.3, -0.25) is 13.9 Å². The van der Waals surface area contributed by atoms with E-state index in [0.29, 0.717) is 22.0 Å². The van der Waals surface area contributed by atoms with Gasteiger partial charge in [0.25, 0.3) is 10.0 Å². The van der Waals surface area contributed by atoms with E-state index in [-0.39, 0.29) is 23.4 Å². The minimum atomic E-state index is -4.16. The zero-order valence-corrected chi connectivity index (χ0v) is 25.1. The molecule has 1 fully saturated rings. The summed E-state index contributed by atoms with van der Waals surface area (Å²) in [5.74, 6) is -0.189. The molecular formula is C31H36ClN3O5S. The van der Waals surface area contributed by atoms with Crippen LogP contribution in [-0.4, -0.2) is 50.9 Å². The van der Waals surface area contributed by atoms with Crippen LogP contribution in [0.4, 0.5) is 5.69 Å². The van der Waals surface area contributed by atoms with Gasteiger partial charge in [0, 0.05) is 17.6 Å². The molecule has 0 aromatic heterocycles. The number of anilines is 1. The Bertz CT molecular complexity index is 1480. The lowest BCUT2D eigenvalue weighted by Crippen LogP contribution is -2.52. The van der Waals surface area contributed by atoms with Crippen molar-refractivity contribution in [1.82, 2.24) is 10.2 Å². The summed E-state index contributed by atoms with van der Waals surface area (Å²) < 4.78 is 34.3. The Kier molecular flexibility index (Phi) is 9.94. The lowest BCUT2D eigenvalue weighted by atomic mass is 10.1. The first-order valence-electron chi connectivity index (χ1n) is 13.7. The van der Waals surface area contributed by atoms with E-state index in [4.69, 9.17) is 16.3 Å². The van der Waals surface area contributed by atoms with E-state index in [1.807, 2.05) is 12.1 Å². The zero-order valence-electron chi connectivity index (χ0n) is 23.5. The molecular weight excluding hydrogens is 562 g/mol. The van der Waals surface area contributed by atoms with Gasteiger partial charge in [0.1, 0.15) is 18.3 Å². The number of halogens is 1. The number of methoxy groups -OCH3 is 1. The second-order valence-electron chi connectivity index (χ2n) is 10.3. The van der Waals surface area contributed by atoms with Gasteiger partial charge in [0.05, 0.1) is 17.7 Å². The van der Waals surface area contributed by atoms with Crippen LogP contribution in [0, 0.1) is 6.92 Å². The minimum absolute atomic E-state index is 0.0403. The van der Waals surface area contributed by atoms with Crippen molar-refractivity contribution in [1.29, 1.82) is 0 Å². The summed E-state index contributed by atoms with van der Waals surface area (Å²) in [6, 6.07) is 19.3. The summed E-state index contributed by atoms with van der Waals surface area (Å²) in [7, 11) is -2.61. The van der Waals surface area contributed by atoms with Gasteiger partial charge in [-0.05, 0) is 74.2 Å². The molecule has 1 atom stereocenters. The van der Waals surface area contributed by atoms with Gasteiger partial charge in [0.15, 0.2) is 0 Å². The monoisotopic (exact) mass is 597 g/mol. The van der Waals surface area contributed by atoms with Crippen molar-refractivity contribution < 1.29 is 22.7 Å². The van der Waals surface area contributed by atoms with E-state index in [1.54, 1.807) is 63.4 Å². The second-order valence-corrected chi connectivity index (χ2v) is 12.6. The number of ether oxygens (including phenoxy) is 1. The third-order valence-corrected chi connectivity index (χ3v) is 9.41. The average Bonchev–Trinajstić information content (AvgIpc) is 3.49. The molecule has 1 saturated carbocycles. The number of aryl methyl sites for hydroxylation is 1. The molecule has 8 nitrogen and oxygen atoms in total. The normalized spacial score (nSPS) is 14.3. The average molecular weight is 598 g/mol. The van der Waals surface area contributed by atoms with E-state index in [9.17, 15) is 18.0 Å².